The van der Waals surface area contributed by atoms with Crippen LogP contribution >= 0.6 is 0 Å². The number of carbonyl (C=O) groups excluding carboxylic acids is 2. The fourth-order valence-electron chi connectivity index (χ4n) is 3.93. The highest BCUT2D eigenvalue weighted by Crippen LogP contribution is 2.31. The van der Waals surface area contributed by atoms with Gasteiger partial charge in [0.25, 0.3) is 0 Å². The summed E-state index contributed by atoms with van der Waals surface area (Å²) in [5.74, 6) is 0.534. The van der Waals surface area contributed by atoms with Crippen molar-refractivity contribution < 1.29 is 9.59 Å². The molecule has 0 spiro atoms. The van der Waals surface area contributed by atoms with E-state index in [2.05, 4.69) is 20.8 Å². The molecule has 0 aromatic rings. The summed E-state index contributed by atoms with van der Waals surface area (Å²) in [4.78, 5) is 27.4. The van der Waals surface area contributed by atoms with Crippen LogP contribution in [0.25, 0.3) is 0 Å². The zero-order chi connectivity index (χ0) is 18.5. The SMILES string of the molecule is CCCCCCCCCC(=O)C1CN(CCCC)C(=O)C1CCCC. The number of ketones is 1. The van der Waals surface area contributed by atoms with Crippen LogP contribution in [0.15, 0.2) is 0 Å². The largest absolute Gasteiger partial charge is 0.342 e. The molecule has 2 atom stereocenters. The Morgan fingerprint density at radius 3 is 2.12 bits per heavy atom. The molecule has 25 heavy (non-hydrogen) atoms. The van der Waals surface area contributed by atoms with Crippen LogP contribution in [0.4, 0.5) is 0 Å². The molecule has 2 unspecified atom stereocenters. The lowest BCUT2D eigenvalue weighted by Crippen LogP contribution is -2.28. The molecule has 0 radical (unpaired) electrons. The van der Waals surface area contributed by atoms with Crippen LogP contribution in [0.1, 0.15) is 104 Å². The first-order valence-corrected chi connectivity index (χ1v) is 11.0. The molecule has 1 amide bonds. The summed E-state index contributed by atoms with van der Waals surface area (Å²) >= 11 is 0. The van der Waals surface area contributed by atoms with Crippen LogP contribution in [0.5, 0.6) is 0 Å². The predicted octanol–water partition coefficient (Wildman–Crippen LogP) is 5.76. The Hall–Kier alpha value is -0.860. The number of amides is 1. The standard InChI is InChI=1S/C22H41NO2/c1-4-7-10-11-12-13-14-16-21(24)20-18-23(17-9-6-3)22(25)19(20)15-8-5-2/h19-20H,4-18H2,1-3H3. The molecule has 3 nitrogen and oxygen atoms in total. The monoisotopic (exact) mass is 351 g/mol. The first-order chi connectivity index (χ1) is 12.2. The Balaban J connectivity index is 2.42. The zero-order valence-corrected chi connectivity index (χ0v) is 17.0. The predicted molar refractivity (Wildman–Crippen MR) is 106 cm³/mol. The maximum Gasteiger partial charge on any atom is 0.226 e. The van der Waals surface area contributed by atoms with Crippen LogP contribution in [0.3, 0.4) is 0 Å². The van der Waals surface area contributed by atoms with E-state index in [4.69, 9.17) is 0 Å². The van der Waals surface area contributed by atoms with E-state index in [9.17, 15) is 9.59 Å². The van der Waals surface area contributed by atoms with Crippen molar-refractivity contribution in [2.45, 2.75) is 104 Å². The van der Waals surface area contributed by atoms with Gasteiger partial charge in [-0.2, -0.15) is 0 Å². The van der Waals surface area contributed by atoms with Gasteiger partial charge in [-0.15, -0.1) is 0 Å². The van der Waals surface area contributed by atoms with E-state index in [1.165, 1.54) is 32.1 Å². The molecule has 1 aliphatic heterocycles. The molecule has 1 aliphatic rings. The van der Waals surface area contributed by atoms with Crippen molar-refractivity contribution in [2.24, 2.45) is 11.8 Å². The summed E-state index contributed by atoms with van der Waals surface area (Å²) in [7, 11) is 0. The molecule has 1 rings (SSSR count). The van der Waals surface area contributed by atoms with Gasteiger partial charge in [0.05, 0.1) is 0 Å². The molecule has 1 heterocycles. The molecule has 3 heteroatoms. The highest BCUT2D eigenvalue weighted by Gasteiger charge is 2.42. The fraction of sp³-hybridized carbons (Fsp3) is 0.909. The zero-order valence-electron chi connectivity index (χ0n) is 17.0. The molecule has 146 valence electrons. The maximum atomic E-state index is 12.7. The topological polar surface area (TPSA) is 37.4 Å². The number of rotatable bonds is 15. The molecule has 1 fully saturated rings. The molecule has 0 saturated carbocycles. The summed E-state index contributed by atoms with van der Waals surface area (Å²) in [6.07, 6.45) is 14.5. The van der Waals surface area contributed by atoms with Gasteiger partial charge < -0.3 is 4.90 Å². The van der Waals surface area contributed by atoms with Crippen LogP contribution in [-0.2, 0) is 9.59 Å². The van der Waals surface area contributed by atoms with Crippen molar-refractivity contribution >= 4 is 11.7 Å². The Morgan fingerprint density at radius 2 is 1.48 bits per heavy atom. The minimum Gasteiger partial charge on any atom is -0.342 e. The van der Waals surface area contributed by atoms with Gasteiger partial charge >= 0.3 is 0 Å². The third-order valence-corrected chi connectivity index (χ3v) is 5.62. The van der Waals surface area contributed by atoms with E-state index in [1.54, 1.807) is 0 Å². The molecule has 0 aliphatic carbocycles. The molecule has 0 aromatic heterocycles. The van der Waals surface area contributed by atoms with Crippen molar-refractivity contribution in [1.82, 2.24) is 4.90 Å². The summed E-state index contributed by atoms with van der Waals surface area (Å²) < 4.78 is 0. The quantitative estimate of drug-likeness (QED) is 0.352. The number of carbonyl (C=O) groups is 2. The highest BCUT2D eigenvalue weighted by atomic mass is 16.2. The van der Waals surface area contributed by atoms with E-state index in [1.807, 2.05) is 4.90 Å². The number of nitrogens with zero attached hydrogens (tertiary/aromatic N) is 1. The van der Waals surface area contributed by atoms with Gasteiger partial charge in [-0.1, -0.05) is 78.6 Å². The molecular formula is C22H41NO2. The lowest BCUT2D eigenvalue weighted by atomic mass is 9.85. The molecule has 0 aromatic carbocycles. The molecular weight excluding hydrogens is 310 g/mol. The van der Waals surface area contributed by atoms with Gasteiger partial charge in [-0.3, -0.25) is 9.59 Å². The molecule has 1 saturated heterocycles. The highest BCUT2D eigenvalue weighted by molar-refractivity contribution is 5.92. The van der Waals surface area contributed by atoms with E-state index in [-0.39, 0.29) is 17.7 Å². The van der Waals surface area contributed by atoms with E-state index < -0.39 is 0 Å². The van der Waals surface area contributed by atoms with Gasteiger partial charge in [0.2, 0.25) is 5.91 Å². The normalized spacial score (nSPS) is 20.4. The first-order valence-electron chi connectivity index (χ1n) is 11.0. The first kappa shape index (κ1) is 22.2. The van der Waals surface area contributed by atoms with Crippen LogP contribution in [0, 0.1) is 11.8 Å². The number of hydrogen-bond donors (Lipinski definition) is 0. The number of hydrogen-bond acceptors (Lipinski definition) is 2. The van der Waals surface area contributed by atoms with Gasteiger partial charge in [0.15, 0.2) is 0 Å². The summed E-state index contributed by atoms with van der Waals surface area (Å²) in [5, 5.41) is 0. The van der Waals surface area contributed by atoms with Crippen molar-refractivity contribution in [3.05, 3.63) is 0 Å². The Morgan fingerprint density at radius 1 is 0.880 bits per heavy atom. The third-order valence-electron chi connectivity index (χ3n) is 5.62. The van der Waals surface area contributed by atoms with Gasteiger partial charge in [-0.25, -0.2) is 0 Å². The van der Waals surface area contributed by atoms with Crippen LogP contribution < -0.4 is 0 Å². The van der Waals surface area contributed by atoms with E-state index in [0.717, 1.165) is 51.5 Å². The van der Waals surface area contributed by atoms with Crippen molar-refractivity contribution in [2.75, 3.05) is 13.1 Å². The van der Waals surface area contributed by atoms with Crippen molar-refractivity contribution in [3.63, 3.8) is 0 Å². The van der Waals surface area contributed by atoms with E-state index in [0.29, 0.717) is 18.7 Å². The second-order valence-corrected chi connectivity index (χ2v) is 7.83. The second-order valence-electron chi connectivity index (χ2n) is 7.83. The number of likely N-dealkylation sites (tertiary alicyclic amines) is 1. The number of unbranched alkanes of at least 4 members (excludes halogenated alkanes) is 8. The van der Waals surface area contributed by atoms with Crippen LogP contribution in [-0.4, -0.2) is 29.7 Å². The number of Topliss-reactive ketones (excluding diaryl/α,β-unsaturated/α-hetero) is 1. The Kier molecular flexibility index (Phi) is 11.9. The Bertz CT molecular complexity index is 380. The minimum absolute atomic E-state index is 0.0315. The van der Waals surface area contributed by atoms with E-state index >= 15 is 0 Å². The average Bonchev–Trinajstić information content (AvgIpc) is 2.93. The minimum atomic E-state index is -0.0335. The van der Waals surface area contributed by atoms with Crippen molar-refractivity contribution in [3.8, 4) is 0 Å². The molecule has 0 bridgehead atoms. The molecule has 0 N–H and O–H groups in total. The van der Waals surface area contributed by atoms with Gasteiger partial charge in [0, 0.05) is 31.3 Å². The van der Waals surface area contributed by atoms with Gasteiger partial charge in [0.1, 0.15) is 5.78 Å². The van der Waals surface area contributed by atoms with Crippen LogP contribution in [0.2, 0.25) is 0 Å². The maximum absolute atomic E-state index is 12.7. The van der Waals surface area contributed by atoms with Crippen molar-refractivity contribution in [1.29, 1.82) is 0 Å². The summed E-state index contributed by atoms with van der Waals surface area (Å²) in [5.41, 5.74) is 0. The smallest absolute Gasteiger partial charge is 0.226 e. The average molecular weight is 352 g/mol. The summed E-state index contributed by atoms with van der Waals surface area (Å²) in [6, 6.07) is 0. The lowest BCUT2D eigenvalue weighted by molar-refractivity contribution is -0.133. The summed E-state index contributed by atoms with van der Waals surface area (Å²) in [6.45, 7) is 8.06. The fourth-order valence-corrected chi connectivity index (χ4v) is 3.93. The second kappa shape index (κ2) is 13.4. The Labute approximate surface area is 155 Å². The third kappa shape index (κ3) is 7.92. The lowest BCUT2D eigenvalue weighted by Gasteiger charge is -2.15. The van der Waals surface area contributed by atoms with Gasteiger partial charge in [-0.05, 0) is 19.3 Å².